The molecule has 0 aromatic carbocycles. The van der Waals surface area contributed by atoms with Crippen molar-refractivity contribution >= 4 is 17.9 Å². The molecule has 0 bridgehead atoms. The molecule has 0 aromatic rings. The number of ether oxygens (including phenoxy) is 3. The molecule has 0 aliphatic rings. The van der Waals surface area contributed by atoms with Crippen LogP contribution in [0.1, 0.15) is 168 Å². The predicted octanol–water partition coefficient (Wildman–Crippen LogP) is 14.6. The molecule has 6 nitrogen and oxygen atoms in total. The molecule has 1 atom stereocenters. The van der Waals surface area contributed by atoms with Gasteiger partial charge in [-0.2, -0.15) is 0 Å². The Labute approximate surface area is 354 Å². The Morgan fingerprint density at radius 3 is 1.05 bits per heavy atom. The number of hydrogen-bond donors (Lipinski definition) is 0. The van der Waals surface area contributed by atoms with Crippen molar-refractivity contribution in [3.05, 3.63) is 122 Å². The highest BCUT2D eigenvalue weighted by Crippen LogP contribution is 2.14. The fourth-order valence-electron chi connectivity index (χ4n) is 5.62. The predicted molar refractivity (Wildman–Crippen MR) is 246 cm³/mol. The Bertz CT molecular complexity index is 1290. The van der Waals surface area contributed by atoms with Crippen LogP contribution in [0.25, 0.3) is 0 Å². The molecule has 6 heteroatoms. The zero-order chi connectivity index (χ0) is 42.3. The van der Waals surface area contributed by atoms with E-state index in [1.807, 2.05) is 109 Å². The summed E-state index contributed by atoms with van der Waals surface area (Å²) in [6, 6.07) is 0. The maximum Gasteiger partial charge on any atom is 0.306 e. The van der Waals surface area contributed by atoms with Crippen LogP contribution < -0.4 is 0 Å². The van der Waals surface area contributed by atoms with Gasteiger partial charge in [-0.1, -0.05) is 226 Å². The van der Waals surface area contributed by atoms with E-state index >= 15 is 0 Å². The summed E-state index contributed by atoms with van der Waals surface area (Å²) >= 11 is 0. The first-order chi connectivity index (χ1) is 28.5. The second-order valence-corrected chi connectivity index (χ2v) is 14.4. The minimum atomic E-state index is -0.843. The molecule has 0 aliphatic heterocycles. The minimum absolute atomic E-state index is 0.131. The van der Waals surface area contributed by atoms with Crippen molar-refractivity contribution in [3.8, 4) is 0 Å². The molecule has 0 fully saturated rings. The molecule has 0 aromatic heterocycles. The van der Waals surface area contributed by atoms with E-state index in [2.05, 4.69) is 32.9 Å². The molecular weight excluding hydrogens is 721 g/mol. The zero-order valence-corrected chi connectivity index (χ0v) is 36.8. The highest BCUT2D eigenvalue weighted by atomic mass is 16.6. The van der Waals surface area contributed by atoms with Gasteiger partial charge in [-0.25, -0.2) is 0 Å². The van der Waals surface area contributed by atoms with Crippen molar-refractivity contribution in [1.82, 2.24) is 0 Å². The van der Waals surface area contributed by atoms with Crippen LogP contribution in [0.5, 0.6) is 0 Å². The van der Waals surface area contributed by atoms with Gasteiger partial charge in [-0.15, -0.1) is 0 Å². The normalized spacial score (nSPS) is 13.2. The lowest BCUT2D eigenvalue weighted by Gasteiger charge is -2.18. The van der Waals surface area contributed by atoms with Gasteiger partial charge in [0.1, 0.15) is 13.2 Å². The fraction of sp³-hybridized carbons (Fsp3) is 0.558. The summed E-state index contributed by atoms with van der Waals surface area (Å²) in [5.74, 6) is -1.10. The Balaban J connectivity index is 4.62. The van der Waals surface area contributed by atoms with Crippen LogP contribution in [0.4, 0.5) is 0 Å². The minimum Gasteiger partial charge on any atom is -0.462 e. The lowest BCUT2D eigenvalue weighted by molar-refractivity contribution is -0.167. The third kappa shape index (κ3) is 42.9. The van der Waals surface area contributed by atoms with E-state index < -0.39 is 12.1 Å². The van der Waals surface area contributed by atoms with Crippen molar-refractivity contribution in [2.45, 2.75) is 175 Å². The smallest absolute Gasteiger partial charge is 0.306 e. The van der Waals surface area contributed by atoms with Crippen LogP contribution in [0, 0.1) is 0 Å². The van der Waals surface area contributed by atoms with Gasteiger partial charge in [0.2, 0.25) is 0 Å². The second-order valence-electron chi connectivity index (χ2n) is 14.4. The topological polar surface area (TPSA) is 78.9 Å². The summed E-state index contributed by atoms with van der Waals surface area (Å²) in [4.78, 5) is 37.7. The maximum atomic E-state index is 12.7. The first-order valence-corrected chi connectivity index (χ1v) is 22.7. The van der Waals surface area contributed by atoms with Crippen LogP contribution in [0.3, 0.4) is 0 Å². The molecule has 0 saturated carbocycles. The van der Waals surface area contributed by atoms with Gasteiger partial charge in [-0.3, -0.25) is 14.4 Å². The van der Waals surface area contributed by atoms with Crippen LogP contribution in [-0.4, -0.2) is 37.2 Å². The molecule has 58 heavy (non-hydrogen) atoms. The first kappa shape index (κ1) is 53.8. The van der Waals surface area contributed by atoms with Crippen molar-refractivity contribution in [2.75, 3.05) is 13.2 Å². The quantitative estimate of drug-likeness (QED) is 0.0268. The van der Waals surface area contributed by atoms with Crippen LogP contribution >= 0.6 is 0 Å². The van der Waals surface area contributed by atoms with Crippen LogP contribution in [-0.2, 0) is 28.6 Å². The van der Waals surface area contributed by atoms with Crippen molar-refractivity contribution in [3.63, 3.8) is 0 Å². The first-order valence-electron chi connectivity index (χ1n) is 22.7. The summed E-state index contributed by atoms with van der Waals surface area (Å²) in [7, 11) is 0. The highest BCUT2D eigenvalue weighted by Gasteiger charge is 2.19. The zero-order valence-electron chi connectivity index (χ0n) is 36.8. The summed E-state index contributed by atoms with van der Waals surface area (Å²) in [6.07, 6.45) is 62.0. The van der Waals surface area contributed by atoms with Crippen molar-refractivity contribution < 1.29 is 28.6 Å². The third-order valence-electron chi connectivity index (χ3n) is 8.97. The summed E-state index contributed by atoms with van der Waals surface area (Å²) in [5, 5.41) is 0. The third-order valence-corrected chi connectivity index (χ3v) is 8.97. The largest absolute Gasteiger partial charge is 0.462 e. The number of allylic oxidation sites excluding steroid dienone is 20. The molecule has 0 amide bonds. The number of esters is 3. The molecule has 1 unspecified atom stereocenters. The number of carbonyl (C=O) groups excluding carboxylic acids is 3. The molecule has 324 valence electrons. The Hall–Kier alpha value is -4.19. The fourth-order valence-corrected chi connectivity index (χ4v) is 5.62. The van der Waals surface area contributed by atoms with Gasteiger partial charge in [0.15, 0.2) is 6.10 Å². The SMILES string of the molecule is CC\C=C/C=C\C=C/C=C\C=C/CCCC(=O)OCC(COC(=O)CCCCCCCCCCCCCCCC)OC(=O)CCC\C=C/C=C\C=C/C=C\C=C/CC. The average molecular weight is 801 g/mol. The summed E-state index contributed by atoms with van der Waals surface area (Å²) < 4.78 is 16.6. The summed E-state index contributed by atoms with van der Waals surface area (Å²) in [5.41, 5.74) is 0. The molecule has 0 saturated heterocycles. The van der Waals surface area contributed by atoms with E-state index in [1.54, 1.807) is 0 Å². The Kier molecular flexibility index (Phi) is 42.2. The molecule has 0 spiro atoms. The number of hydrogen-bond acceptors (Lipinski definition) is 6. The Morgan fingerprint density at radius 1 is 0.362 bits per heavy atom. The van der Waals surface area contributed by atoms with Gasteiger partial charge < -0.3 is 14.2 Å². The molecule has 0 N–H and O–H groups in total. The van der Waals surface area contributed by atoms with Gasteiger partial charge in [-0.05, 0) is 44.9 Å². The molecular formula is C52H80O6. The number of rotatable bonds is 38. The lowest BCUT2D eigenvalue weighted by atomic mass is 10.0. The maximum absolute atomic E-state index is 12.7. The molecule has 0 radical (unpaired) electrons. The van der Waals surface area contributed by atoms with Gasteiger partial charge in [0, 0.05) is 19.3 Å². The monoisotopic (exact) mass is 801 g/mol. The Morgan fingerprint density at radius 2 is 0.672 bits per heavy atom. The molecule has 0 heterocycles. The van der Waals surface area contributed by atoms with E-state index in [0.29, 0.717) is 25.7 Å². The molecule has 0 aliphatic carbocycles. The van der Waals surface area contributed by atoms with Gasteiger partial charge >= 0.3 is 17.9 Å². The lowest BCUT2D eigenvalue weighted by Crippen LogP contribution is -2.30. The van der Waals surface area contributed by atoms with Crippen molar-refractivity contribution in [2.24, 2.45) is 0 Å². The van der Waals surface area contributed by atoms with E-state index in [0.717, 1.165) is 38.5 Å². The molecule has 0 rings (SSSR count). The van der Waals surface area contributed by atoms with Crippen LogP contribution in [0.15, 0.2) is 122 Å². The number of unbranched alkanes of at least 4 members (excludes halogenated alkanes) is 15. The average Bonchev–Trinajstić information content (AvgIpc) is 3.22. The highest BCUT2D eigenvalue weighted by molar-refractivity contribution is 5.71. The van der Waals surface area contributed by atoms with Crippen LogP contribution in [0.2, 0.25) is 0 Å². The van der Waals surface area contributed by atoms with Gasteiger partial charge in [0.25, 0.3) is 0 Å². The van der Waals surface area contributed by atoms with Gasteiger partial charge in [0.05, 0.1) is 0 Å². The van der Waals surface area contributed by atoms with E-state index in [4.69, 9.17) is 14.2 Å². The standard InChI is InChI=1S/C52H80O6/c1-4-7-10-13-16-19-22-25-28-30-33-36-39-42-45-51(54)57-48-49(58-52(55)46-43-40-37-34-31-27-24-21-18-15-12-9-6-3)47-56-50(53)44-41-38-35-32-29-26-23-20-17-14-11-8-5-2/h8-9,11-12,14-15,17-18,20-21,23-24,26-27,29,31-32,34-35,37,49H,4-7,10,13,16,19,22,25,28,30,33,36,38-48H2,1-3H3/b11-8-,12-9-,17-14-,18-15-,23-20-,24-21-,29-26-,31-27-,35-32-,37-34-. The van der Waals surface area contributed by atoms with E-state index in [1.165, 1.54) is 70.6 Å². The van der Waals surface area contributed by atoms with E-state index in [9.17, 15) is 14.4 Å². The number of carbonyl (C=O) groups is 3. The summed E-state index contributed by atoms with van der Waals surface area (Å²) in [6.45, 7) is 6.19. The second kappa shape index (κ2) is 45.5. The van der Waals surface area contributed by atoms with Crippen molar-refractivity contribution in [1.29, 1.82) is 0 Å². The van der Waals surface area contributed by atoms with E-state index in [-0.39, 0.29) is 38.0 Å².